The molecule has 0 saturated heterocycles. The van der Waals surface area contributed by atoms with E-state index in [-0.39, 0.29) is 13.2 Å². The number of nitrogens with zero attached hydrogens (tertiary/aromatic N) is 5. The zero-order valence-corrected chi connectivity index (χ0v) is 17.5. The normalized spacial score (nSPS) is 17.6. The van der Waals surface area contributed by atoms with Gasteiger partial charge in [0.25, 0.3) is 0 Å². The number of aromatic nitrogens is 5. The molecule has 31 heavy (non-hydrogen) atoms. The van der Waals surface area contributed by atoms with Gasteiger partial charge in [0, 0.05) is 54.2 Å². The lowest BCUT2D eigenvalue weighted by molar-refractivity contribution is -0.125. The molecule has 166 valence electrons. The smallest absolute Gasteiger partial charge is 0.345 e. The summed E-state index contributed by atoms with van der Waals surface area (Å²) in [7, 11) is 0. The van der Waals surface area contributed by atoms with E-state index in [1.54, 1.807) is 0 Å². The highest BCUT2D eigenvalue weighted by molar-refractivity contribution is 5.93. The summed E-state index contributed by atoms with van der Waals surface area (Å²) < 4.78 is 33.0. The van der Waals surface area contributed by atoms with Crippen molar-refractivity contribution in [1.82, 2.24) is 24.3 Å². The van der Waals surface area contributed by atoms with Gasteiger partial charge in [-0.1, -0.05) is 19.3 Å². The summed E-state index contributed by atoms with van der Waals surface area (Å²) in [5.74, 6) is 1.19. The summed E-state index contributed by atoms with van der Waals surface area (Å²) in [5, 5.41) is 8.55. The molecular weight excluding hydrogens is 402 g/mol. The van der Waals surface area contributed by atoms with Crippen molar-refractivity contribution in [3.05, 3.63) is 24.8 Å². The Morgan fingerprint density at radius 3 is 2.71 bits per heavy atom. The minimum absolute atomic E-state index is 0.103. The maximum atomic E-state index is 12.2. The molecule has 3 aromatic rings. The van der Waals surface area contributed by atoms with E-state index in [4.69, 9.17) is 4.98 Å². The third kappa shape index (κ3) is 4.71. The van der Waals surface area contributed by atoms with E-state index in [0.717, 1.165) is 47.5 Å². The van der Waals surface area contributed by atoms with Crippen LogP contribution in [0.25, 0.3) is 22.2 Å². The van der Waals surface area contributed by atoms with Crippen LogP contribution in [-0.2, 0) is 11.3 Å². The average molecular weight is 431 g/mol. The largest absolute Gasteiger partial charge is 0.352 e. The molecule has 0 bridgehead atoms. The van der Waals surface area contributed by atoms with Gasteiger partial charge < -0.3 is 14.6 Å². The Kier molecular flexibility index (Phi) is 5.85. The maximum absolute atomic E-state index is 12.2. The van der Waals surface area contributed by atoms with Crippen LogP contribution in [-0.4, -0.2) is 44.1 Å². The molecule has 0 amide bonds. The Bertz CT molecular complexity index is 1020. The fourth-order valence-corrected chi connectivity index (χ4v) is 4.46. The third-order valence-corrected chi connectivity index (χ3v) is 6.26. The first-order valence-corrected chi connectivity index (χ1v) is 11.2. The van der Waals surface area contributed by atoms with Crippen molar-refractivity contribution in [2.45, 2.75) is 64.1 Å². The molecule has 0 unspecified atom stereocenters. The second-order valence-corrected chi connectivity index (χ2v) is 8.63. The van der Waals surface area contributed by atoms with Gasteiger partial charge in [0.05, 0.1) is 12.8 Å². The lowest BCUT2D eigenvalue weighted by Crippen LogP contribution is -2.15. The molecule has 0 aromatic carbocycles. The Morgan fingerprint density at radius 1 is 1.10 bits per heavy atom. The number of halogens is 2. The first kappa shape index (κ1) is 20.4. The molecule has 2 fully saturated rings. The van der Waals surface area contributed by atoms with Crippen molar-refractivity contribution in [3.8, 4) is 11.1 Å². The molecule has 0 radical (unpaired) electrons. The summed E-state index contributed by atoms with van der Waals surface area (Å²) >= 11 is 0. The molecule has 3 aromatic heterocycles. The number of ether oxygens (including phenoxy) is 1. The van der Waals surface area contributed by atoms with E-state index in [1.165, 1.54) is 32.1 Å². The predicted octanol–water partition coefficient (Wildman–Crippen LogP) is 4.86. The number of anilines is 1. The van der Waals surface area contributed by atoms with E-state index < -0.39 is 6.61 Å². The van der Waals surface area contributed by atoms with E-state index >= 15 is 0 Å². The molecule has 5 rings (SSSR count). The Labute approximate surface area is 179 Å². The van der Waals surface area contributed by atoms with Crippen LogP contribution in [0.4, 0.5) is 14.7 Å². The minimum atomic E-state index is -2.77. The van der Waals surface area contributed by atoms with Crippen LogP contribution in [0.3, 0.4) is 0 Å². The minimum Gasteiger partial charge on any atom is -0.352 e. The summed E-state index contributed by atoms with van der Waals surface area (Å²) in [6.07, 6.45) is 16.6. The molecular formula is C22H28F2N6O. The van der Waals surface area contributed by atoms with Crippen LogP contribution in [0.5, 0.6) is 0 Å². The van der Waals surface area contributed by atoms with Crippen LogP contribution in [0.15, 0.2) is 24.8 Å². The molecule has 1 N–H and O–H groups in total. The molecule has 2 aliphatic carbocycles. The second kappa shape index (κ2) is 8.90. The lowest BCUT2D eigenvalue weighted by Gasteiger charge is -2.23. The molecule has 2 aliphatic rings. The lowest BCUT2D eigenvalue weighted by atomic mass is 9.95. The average Bonchev–Trinajstić information content (AvgIpc) is 3.33. The van der Waals surface area contributed by atoms with Gasteiger partial charge >= 0.3 is 6.61 Å². The van der Waals surface area contributed by atoms with Gasteiger partial charge in [-0.2, -0.15) is 18.9 Å². The zero-order chi connectivity index (χ0) is 21.2. The van der Waals surface area contributed by atoms with Crippen LogP contribution in [0.1, 0.15) is 51.0 Å². The van der Waals surface area contributed by atoms with Crippen molar-refractivity contribution in [2.24, 2.45) is 5.92 Å². The standard InChI is InChI=1S/C22H28F2N6O/c23-21(24)31-9-8-25-22-26-11-18-19(16-10-27-29(13-16)12-15-6-7-15)14-30(20(18)28-22)17-4-2-1-3-5-17/h10-11,13-15,17,21H,1-9,12H2,(H,25,26,28). The van der Waals surface area contributed by atoms with Crippen molar-refractivity contribution < 1.29 is 13.5 Å². The molecule has 0 atom stereocenters. The Morgan fingerprint density at radius 2 is 1.94 bits per heavy atom. The Hall–Kier alpha value is -2.55. The third-order valence-electron chi connectivity index (χ3n) is 6.26. The number of hydrogen-bond acceptors (Lipinski definition) is 5. The van der Waals surface area contributed by atoms with Gasteiger partial charge in [-0.3, -0.25) is 4.68 Å². The second-order valence-electron chi connectivity index (χ2n) is 8.63. The van der Waals surface area contributed by atoms with Gasteiger partial charge in [0.2, 0.25) is 5.95 Å². The zero-order valence-electron chi connectivity index (χ0n) is 17.5. The summed E-state index contributed by atoms with van der Waals surface area (Å²) in [4.78, 5) is 9.18. The summed E-state index contributed by atoms with van der Waals surface area (Å²) in [6, 6.07) is 0.413. The summed E-state index contributed by atoms with van der Waals surface area (Å²) in [5.41, 5.74) is 3.05. The Balaban J connectivity index is 1.44. The van der Waals surface area contributed by atoms with E-state index in [1.807, 2.05) is 17.1 Å². The topological polar surface area (TPSA) is 69.8 Å². The molecule has 0 spiro atoms. The van der Waals surface area contributed by atoms with Crippen molar-refractivity contribution in [3.63, 3.8) is 0 Å². The first-order valence-electron chi connectivity index (χ1n) is 11.2. The van der Waals surface area contributed by atoms with Gasteiger partial charge in [0.1, 0.15) is 5.65 Å². The fourth-order valence-electron chi connectivity index (χ4n) is 4.46. The van der Waals surface area contributed by atoms with Gasteiger partial charge in [-0.15, -0.1) is 0 Å². The number of nitrogens with one attached hydrogen (secondary N) is 1. The van der Waals surface area contributed by atoms with Gasteiger partial charge in [-0.05, 0) is 31.6 Å². The number of fused-ring (bicyclic) bond motifs is 1. The van der Waals surface area contributed by atoms with Crippen molar-refractivity contribution in [1.29, 1.82) is 0 Å². The van der Waals surface area contributed by atoms with E-state index in [9.17, 15) is 8.78 Å². The van der Waals surface area contributed by atoms with Gasteiger partial charge in [-0.25, -0.2) is 4.98 Å². The molecule has 2 saturated carbocycles. The quantitative estimate of drug-likeness (QED) is 0.491. The molecule has 3 heterocycles. The van der Waals surface area contributed by atoms with Crippen LogP contribution >= 0.6 is 0 Å². The highest BCUT2D eigenvalue weighted by Crippen LogP contribution is 2.37. The molecule has 9 heteroatoms. The predicted molar refractivity (Wildman–Crippen MR) is 114 cm³/mol. The monoisotopic (exact) mass is 430 g/mol. The highest BCUT2D eigenvalue weighted by atomic mass is 19.3. The maximum Gasteiger partial charge on any atom is 0.345 e. The summed E-state index contributed by atoms with van der Waals surface area (Å²) in [6.45, 7) is -1.67. The SMILES string of the molecule is FC(F)OCCNc1ncc2c(-c3cnn(CC4CC4)c3)cn(C3CCCCC3)c2n1. The van der Waals surface area contributed by atoms with Crippen molar-refractivity contribution in [2.75, 3.05) is 18.5 Å². The molecule has 7 nitrogen and oxygen atoms in total. The highest BCUT2D eigenvalue weighted by Gasteiger charge is 2.24. The first-order chi connectivity index (χ1) is 15.2. The number of hydrogen-bond donors (Lipinski definition) is 1. The van der Waals surface area contributed by atoms with Gasteiger partial charge in [0.15, 0.2) is 0 Å². The van der Waals surface area contributed by atoms with Crippen molar-refractivity contribution >= 4 is 17.0 Å². The van der Waals surface area contributed by atoms with Crippen LogP contribution < -0.4 is 5.32 Å². The number of alkyl halides is 2. The van der Waals surface area contributed by atoms with Crippen LogP contribution in [0, 0.1) is 5.92 Å². The fraction of sp³-hybridized carbons (Fsp3) is 0.591. The molecule has 0 aliphatic heterocycles. The van der Waals surface area contributed by atoms with E-state index in [0.29, 0.717) is 12.0 Å². The van der Waals surface area contributed by atoms with Crippen LogP contribution in [0.2, 0.25) is 0 Å². The number of rotatable bonds is 9. The van der Waals surface area contributed by atoms with E-state index in [2.05, 4.69) is 37.1 Å².